The monoisotopic (exact) mass is 372 g/mol. The predicted molar refractivity (Wildman–Crippen MR) is 105 cm³/mol. The van der Waals surface area contributed by atoms with E-state index in [2.05, 4.69) is 37.3 Å². The number of benzene rings is 2. The third-order valence-electron chi connectivity index (χ3n) is 4.38. The molecule has 2 heterocycles. The fourth-order valence-corrected chi connectivity index (χ4v) is 2.95. The zero-order valence-electron chi connectivity index (χ0n) is 15.3. The van der Waals surface area contributed by atoms with Crippen molar-refractivity contribution in [1.82, 2.24) is 29.9 Å². The van der Waals surface area contributed by atoms with Gasteiger partial charge in [0, 0.05) is 31.9 Å². The number of carbonyl (C=O) groups excluding carboxylic acids is 1. The van der Waals surface area contributed by atoms with Gasteiger partial charge in [-0.1, -0.05) is 53.7 Å². The highest BCUT2D eigenvalue weighted by molar-refractivity contribution is 5.91. The summed E-state index contributed by atoms with van der Waals surface area (Å²) in [5, 5.41) is 10.9. The first-order valence-corrected chi connectivity index (χ1v) is 9.09. The van der Waals surface area contributed by atoms with Crippen LogP contribution >= 0.6 is 0 Å². The maximum absolute atomic E-state index is 12.3. The zero-order chi connectivity index (χ0) is 19.2. The van der Waals surface area contributed by atoms with Gasteiger partial charge in [-0.25, -0.2) is 9.67 Å². The summed E-state index contributed by atoms with van der Waals surface area (Å²) in [4.78, 5) is 16.7. The Balaban J connectivity index is 1.33. The lowest BCUT2D eigenvalue weighted by Crippen LogP contribution is -2.26. The Morgan fingerprint density at radius 2 is 1.75 bits per heavy atom. The minimum Gasteiger partial charge on any atom is -0.350 e. The van der Waals surface area contributed by atoms with Crippen molar-refractivity contribution in [2.24, 2.45) is 0 Å². The van der Waals surface area contributed by atoms with Crippen molar-refractivity contribution in [2.75, 3.05) is 6.54 Å². The molecule has 0 saturated heterocycles. The van der Waals surface area contributed by atoms with E-state index in [1.54, 1.807) is 17.1 Å². The van der Waals surface area contributed by atoms with Crippen LogP contribution in [0.3, 0.4) is 0 Å². The topological polar surface area (TPSA) is 77.6 Å². The molecule has 0 fully saturated rings. The molecular weight excluding hydrogens is 352 g/mol. The van der Waals surface area contributed by atoms with Gasteiger partial charge in [-0.05, 0) is 17.7 Å². The smallest absolute Gasteiger partial charge is 0.273 e. The Bertz CT molecular complexity index is 1040. The van der Waals surface area contributed by atoms with Gasteiger partial charge in [-0.3, -0.25) is 4.79 Å². The van der Waals surface area contributed by atoms with E-state index < -0.39 is 0 Å². The number of hydrogen-bond acceptors (Lipinski definition) is 4. The molecule has 0 bridgehead atoms. The first kappa shape index (κ1) is 17.7. The summed E-state index contributed by atoms with van der Waals surface area (Å²) < 4.78 is 3.68. The van der Waals surface area contributed by atoms with Crippen molar-refractivity contribution >= 4 is 5.91 Å². The summed E-state index contributed by atoms with van der Waals surface area (Å²) in [6.45, 7) is 1.23. The summed E-state index contributed by atoms with van der Waals surface area (Å²) in [5.74, 6) is 0.681. The van der Waals surface area contributed by atoms with Gasteiger partial charge in [0.1, 0.15) is 5.82 Å². The third-order valence-corrected chi connectivity index (χ3v) is 4.38. The number of imidazole rings is 1. The van der Waals surface area contributed by atoms with E-state index in [4.69, 9.17) is 0 Å². The van der Waals surface area contributed by atoms with Crippen molar-refractivity contribution in [3.63, 3.8) is 0 Å². The van der Waals surface area contributed by atoms with Crippen molar-refractivity contribution in [3.8, 4) is 5.69 Å². The Kier molecular flexibility index (Phi) is 5.24. The summed E-state index contributed by atoms with van der Waals surface area (Å²) >= 11 is 0. The Labute approximate surface area is 162 Å². The summed E-state index contributed by atoms with van der Waals surface area (Å²) in [6.07, 6.45) is 6.00. The quantitative estimate of drug-likeness (QED) is 0.541. The van der Waals surface area contributed by atoms with Crippen LogP contribution in [0.4, 0.5) is 0 Å². The molecule has 0 aliphatic heterocycles. The van der Waals surface area contributed by atoms with Crippen LogP contribution in [0.15, 0.2) is 79.3 Å². The molecule has 140 valence electrons. The standard InChI is InChI=1S/C21H20N6O/c28-21(19-16-27(25-24-19)18-9-5-2-6-10-18)23-12-11-20-22-13-14-26(20)15-17-7-3-1-4-8-17/h1-10,13-14,16H,11-12,15H2,(H,23,28). The maximum atomic E-state index is 12.3. The lowest BCUT2D eigenvalue weighted by atomic mass is 10.2. The number of nitrogens with one attached hydrogen (secondary N) is 1. The van der Waals surface area contributed by atoms with Crippen LogP contribution in [0.1, 0.15) is 21.9 Å². The fraction of sp³-hybridized carbons (Fsp3) is 0.143. The predicted octanol–water partition coefficient (Wildman–Crippen LogP) is 2.48. The average molecular weight is 372 g/mol. The lowest BCUT2D eigenvalue weighted by molar-refractivity contribution is 0.0949. The first-order valence-electron chi connectivity index (χ1n) is 9.09. The number of hydrogen-bond donors (Lipinski definition) is 1. The van der Waals surface area contributed by atoms with Gasteiger partial charge in [-0.15, -0.1) is 5.10 Å². The Morgan fingerprint density at radius 1 is 1.00 bits per heavy atom. The molecule has 0 unspecified atom stereocenters. The zero-order valence-corrected chi connectivity index (χ0v) is 15.3. The van der Waals surface area contributed by atoms with Gasteiger partial charge >= 0.3 is 0 Å². The van der Waals surface area contributed by atoms with Crippen LogP contribution in [0.5, 0.6) is 0 Å². The molecule has 0 saturated carbocycles. The highest BCUT2D eigenvalue weighted by Crippen LogP contribution is 2.07. The Morgan fingerprint density at radius 3 is 2.54 bits per heavy atom. The third kappa shape index (κ3) is 4.15. The van der Waals surface area contributed by atoms with E-state index >= 15 is 0 Å². The molecule has 0 aliphatic carbocycles. The van der Waals surface area contributed by atoms with E-state index in [1.165, 1.54) is 5.56 Å². The van der Waals surface area contributed by atoms with Gasteiger partial charge in [0.2, 0.25) is 0 Å². The molecule has 2 aromatic carbocycles. The van der Waals surface area contributed by atoms with E-state index in [0.717, 1.165) is 18.1 Å². The highest BCUT2D eigenvalue weighted by Gasteiger charge is 2.12. The normalized spacial score (nSPS) is 10.7. The first-order chi connectivity index (χ1) is 13.8. The van der Waals surface area contributed by atoms with Crippen molar-refractivity contribution < 1.29 is 4.79 Å². The van der Waals surface area contributed by atoms with E-state index in [-0.39, 0.29) is 11.6 Å². The van der Waals surface area contributed by atoms with Crippen molar-refractivity contribution in [1.29, 1.82) is 0 Å². The molecule has 0 atom stereocenters. The number of nitrogens with zero attached hydrogens (tertiary/aromatic N) is 5. The molecule has 0 aliphatic rings. The second kappa shape index (κ2) is 8.30. The average Bonchev–Trinajstić information content (AvgIpc) is 3.40. The number of aromatic nitrogens is 5. The molecule has 0 radical (unpaired) electrons. The molecular formula is C21H20N6O. The van der Waals surface area contributed by atoms with Crippen LogP contribution in [0.2, 0.25) is 0 Å². The number of rotatable bonds is 7. The molecule has 4 rings (SSSR count). The number of carbonyl (C=O) groups is 1. The van der Waals surface area contributed by atoms with E-state index in [1.807, 2.05) is 54.7 Å². The largest absolute Gasteiger partial charge is 0.350 e. The highest BCUT2D eigenvalue weighted by atomic mass is 16.2. The minimum absolute atomic E-state index is 0.247. The van der Waals surface area contributed by atoms with Gasteiger partial charge in [0.15, 0.2) is 5.69 Å². The van der Waals surface area contributed by atoms with Crippen LogP contribution in [-0.4, -0.2) is 37.0 Å². The maximum Gasteiger partial charge on any atom is 0.273 e. The van der Waals surface area contributed by atoms with Gasteiger partial charge < -0.3 is 9.88 Å². The Hall–Kier alpha value is -3.74. The molecule has 1 N–H and O–H groups in total. The van der Waals surface area contributed by atoms with Crippen LogP contribution < -0.4 is 5.32 Å². The van der Waals surface area contributed by atoms with E-state index in [0.29, 0.717) is 13.0 Å². The molecule has 7 heteroatoms. The van der Waals surface area contributed by atoms with E-state index in [9.17, 15) is 4.79 Å². The molecule has 0 spiro atoms. The van der Waals surface area contributed by atoms with Gasteiger partial charge in [-0.2, -0.15) is 0 Å². The second-order valence-electron chi connectivity index (χ2n) is 6.35. The fourth-order valence-electron chi connectivity index (χ4n) is 2.95. The molecule has 1 amide bonds. The molecule has 7 nitrogen and oxygen atoms in total. The molecule has 28 heavy (non-hydrogen) atoms. The van der Waals surface area contributed by atoms with Crippen molar-refractivity contribution in [3.05, 3.63) is 96.3 Å². The SMILES string of the molecule is O=C(NCCc1nccn1Cc1ccccc1)c1cn(-c2ccccc2)nn1. The van der Waals surface area contributed by atoms with Gasteiger partial charge in [0.25, 0.3) is 5.91 Å². The van der Waals surface area contributed by atoms with Crippen LogP contribution in [0.25, 0.3) is 5.69 Å². The lowest BCUT2D eigenvalue weighted by Gasteiger charge is -2.08. The molecule has 4 aromatic rings. The van der Waals surface area contributed by atoms with Gasteiger partial charge in [0.05, 0.1) is 11.9 Å². The summed E-state index contributed by atoms with van der Waals surface area (Å²) in [7, 11) is 0. The van der Waals surface area contributed by atoms with Crippen LogP contribution in [0, 0.1) is 0 Å². The van der Waals surface area contributed by atoms with Crippen molar-refractivity contribution in [2.45, 2.75) is 13.0 Å². The minimum atomic E-state index is -0.247. The summed E-state index contributed by atoms with van der Waals surface area (Å²) in [6, 6.07) is 19.8. The number of para-hydroxylation sites is 1. The summed E-state index contributed by atoms with van der Waals surface area (Å²) in [5.41, 5.74) is 2.36. The molecule has 2 aromatic heterocycles. The second-order valence-corrected chi connectivity index (χ2v) is 6.35. The number of amides is 1. The van der Waals surface area contributed by atoms with Crippen LogP contribution in [-0.2, 0) is 13.0 Å².